The largest absolute Gasteiger partial charge is 0.508 e. The van der Waals surface area contributed by atoms with E-state index in [1.54, 1.807) is 53.7 Å². The molecule has 12 aromatic rings. The first kappa shape index (κ1) is 76.2. The molecule has 0 aliphatic carbocycles. The van der Waals surface area contributed by atoms with Gasteiger partial charge in [-0.3, -0.25) is 19.6 Å². The smallest absolute Gasteiger partial charge is 0.161 e. The molecule has 4 saturated heterocycles. The van der Waals surface area contributed by atoms with Crippen molar-refractivity contribution in [1.29, 1.82) is 0 Å². The summed E-state index contributed by atoms with van der Waals surface area (Å²) in [5, 5.41) is 139. The maximum absolute atomic E-state index is 11.3. The molecule has 590 valence electrons. The van der Waals surface area contributed by atoms with Gasteiger partial charge in [0.15, 0.2) is 11.5 Å². The molecule has 0 spiro atoms. The molecule has 0 amide bonds. The summed E-state index contributed by atoms with van der Waals surface area (Å²) < 4.78 is 27.5. The van der Waals surface area contributed by atoms with E-state index in [1.807, 2.05) is 78.9 Å². The van der Waals surface area contributed by atoms with E-state index in [0.29, 0.717) is 63.1 Å². The second kappa shape index (κ2) is 31.1. The Hall–Kier alpha value is -9.40. The van der Waals surface area contributed by atoms with Crippen molar-refractivity contribution in [2.45, 2.75) is 173 Å². The molecule has 21 heteroatoms. The third kappa shape index (κ3) is 12.7. The van der Waals surface area contributed by atoms with Crippen LogP contribution in [0.5, 0.6) is 46.0 Å². The van der Waals surface area contributed by atoms with Gasteiger partial charge >= 0.3 is 0 Å². The number of aromatic hydroxyl groups is 3. The average molecular weight is 1530 g/mol. The van der Waals surface area contributed by atoms with Crippen molar-refractivity contribution in [2.24, 2.45) is 0 Å². The fourth-order valence-corrected chi connectivity index (χ4v) is 20.9. The molecule has 21 nitrogen and oxygen atoms in total. The lowest BCUT2D eigenvalue weighted by Gasteiger charge is -2.37. The van der Waals surface area contributed by atoms with Gasteiger partial charge in [-0.1, -0.05) is 24.3 Å². The van der Waals surface area contributed by atoms with Crippen LogP contribution in [0.2, 0.25) is 0 Å². The van der Waals surface area contributed by atoms with Crippen LogP contribution in [-0.4, -0.2) is 167 Å². The van der Waals surface area contributed by atoms with E-state index in [1.165, 1.54) is 47.9 Å². The fourth-order valence-electron chi connectivity index (χ4n) is 20.9. The molecule has 113 heavy (non-hydrogen) atoms. The first-order chi connectivity index (χ1) is 55.0. The number of nitrogens with zero attached hydrogens (tertiary/aromatic N) is 4. The van der Waals surface area contributed by atoms with E-state index < -0.39 is 12.2 Å². The number of phenolic OH excluding ortho intramolecular Hbond substituents is 1. The van der Waals surface area contributed by atoms with Gasteiger partial charge in [-0.15, -0.1) is 0 Å². The van der Waals surface area contributed by atoms with E-state index in [9.17, 15) is 61.3 Å². The molecular formula is C92H100N4O17. The van der Waals surface area contributed by atoms with E-state index in [2.05, 4.69) is 25.7 Å². The van der Waals surface area contributed by atoms with Crippen molar-refractivity contribution >= 4 is 86.2 Å². The van der Waals surface area contributed by atoms with Gasteiger partial charge in [0.2, 0.25) is 0 Å². The Morgan fingerprint density at radius 3 is 1.12 bits per heavy atom. The minimum Gasteiger partial charge on any atom is -0.508 e. The number of methoxy groups -OCH3 is 5. The first-order valence-corrected chi connectivity index (χ1v) is 39.6. The van der Waals surface area contributed by atoms with Crippen molar-refractivity contribution in [2.75, 3.05) is 61.7 Å². The first-order valence-electron chi connectivity index (χ1n) is 39.6. The third-order valence-electron chi connectivity index (χ3n) is 26.3. The molecule has 12 aromatic carbocycles. The summed E-state index contributed by atoms with van der Waals surface area (Å²) >= 11 is 0. The monoisotopic (exact) mass is 1530 g/mol. The highest BCUT2D eigenvalue weighted by molar-refractivity contribution is 6.17. The lowest BCUT2D eigenvalue weighted by Crippen LogP contribution is -2.39. The zero-order chi connectivity index (χ0) is 78.5. The van der Waals surface area contributed by atoms with Gasteiger partial charge in [0.25, 0.3) is 0 Å². The second-order valence-corrected chi connectivity index (χ2v) is 31.8. The highest BCUT2D eigenvalue weighted by Gasteiger charge is 2.42. The maximum Gasteiger partial charge on any atom is 0.161 e. The summed E-state index contributed by atoms with van der Waals surface area (Å²) in [7, 11) is 8.03. The SMILES string of the molecule is COc1cc2c3c(c4cc(OC)c(CO)cc4c2cc1O)CC1CCCN1C3.COc1cc2c3c(c4ccc(CO)cc4c2cc1CO)C(O)C1CCCN1C3.COc1cc2c3c(c4ccc(O)c(CO)c4c2cc1CO)C(O)C1CCCN1C3.COc1cc2c3c(c4ccc(O)c(CO)c4c2cc1CO)CC1CCCN1C3. The molecule has 20 rings (SSSR count). The topological polar surface area (TPSA) is 302 Å². The predicted octanol–water partition coefficient (Wildman–Crippen LogP) is 12.6. The fraction of sp³-hybridized carbons (Fsp3) is 0.391. The van der Waals surface area contributed by atoms with Crippen molar-refractivity contribution in [3.63, 3.8) is 0 Å². The number of hydrogen-bond acceptors (Lipinski definition) is 21. The molecule has 0 saturated carbocycles. The molecule has 0 aromatic heterocycles. The van der Waals surface area contributed by atoms with Gasteiger partial charge in [0, 0.05) is 83.7 Å². The highest BCUT2D eigenvalue weighted by Crippen LogP contribution is 2.52. The van der Waals surface area contributed by atoms with Crippen LogP contribution in [-0.2, 0) is 85.3 Å². The van der Waals surface area contributed by atoms with E-state index in [-0.39, 0.29) is 75.6 Å². The highest BCUT2D eigenvalue weighted by atomic mass is 16.5. The molecule has 0 radical (unpaired) electrons. The maximum atomic E-state index is 11.3. The second-order valence-electron chi connectivity index (χ2n) is 31.8. The predicted molar refractivity (Wildman–Crippen MR) is 436 cm³/mol. The standard InChI is InChI=1S/C23H25NO5.3C23H25NO4/c1-29-20-8-14-15(7-12(20)10-25)21-13(4-5-19(27)17(21)11-26)22-16(14)9-24-6-2-3-18(24)23(22)28;1-27-22-9-18-15(6-13(22)12-25)17-8-21(26)23(28-2)10-19(17)20-11-24-5-3-4-14(24)7-16(18)20;1-28-22-9-17-18(7-13(22)11-25)23-15(4-5-21(27)20(23)12-26)16-8-14-3-2-6-24(14)10-19(16)17;1-28-21-9-18-17(8-14(21)12-26)16-7-13(11-25)4-5-15(16)22-19(18)10-24-6-2-3-20(24)23(22)27/h4-5,7-8,18,23,25-28H,2-3,6,9-11H2,1H3;6,8-10,14,25-26H,3-5,7,11-12H2,1-2H3;4-5,7,9,14,25-27H,2-3,6,8,10-12H2,1H3;4-5,7-9,20,23,25-27H,2-3,6,10-12H2,1H3. The summed E-state index contributed by atoms with van der Waals surface area (Å²) in [4.78, 5) is 9.85. The average Bonchev–Trinajstić information content (AvgIpc) is 1.73. The number of hydrogen-bond donors (Lipinski definition) is 12. The number of benzene rings is 12. The van der Waals surface area contributed by atoms with Crippen molar-refractivity contribution < 1.29 is 85.0 Å². The molecular weight excluding hydrogens is 1430 g/mol. The molecule has 8 heterocycles. The minimum absolute atomic E-state index is 0.0235. The van der Waals surface area contributed by atoms with E-state index in [0.717, 1.165) is 216 Å². The zero-order valence-corrected chi connectivity index (χ0v) is 64.7. The van der Waals surface area contributed by atoms with Crippen LogP contribution in [0.25, 0.3) is 86.2 Å². The number of aliphatic hydroxyl groups is 9. The van der Waals surface area contributed by atoms with Crippen LogP contribution in [0, 0.1) is 0 Å². The van der Waals surface area contributed by atoms with Crippen LogP contribution in [0.4, 0.5) is 0 Å². The van der Waals surface area contributed by atoms with E-state index in [4.69, 9.17) is 23.7 Å². The van der Waals surface area contributed by atoms with Crippen molar-refractivity contribution in [3.8, 4) is 46.0 Å². The Labute approximate surface area is 654 Å². The third-order valence-corrected chi connectivity index (χ3v) is 26.3. The number of aliphatic hydroxyl groups excluding tert-OH is 9. The molecule has 8 aliphatic rings. The van der Waals surface area contributed by atoms with Gasteiger partial charge in [-0.25, -0.2) is 0 Å². The molecule has 8 aliphatic heterocycles. The number of ether oxygens (including phenoxy) is 5. The Morgan fingerprint density at radius 2 is 0.664 bits per heavy atom. The Bertz CT molecular complexity index is 5750. The number of fused-ring (bicyclic) bond motifs is 28. The Balaban J connectivity index is 0.000000109. The molecule has 4 fully saturated rings. The van der Waals surface area contributed by atoms with Gasteiger partial charge in [-0.2, -0.15) is 0 Å². The van der Waals surface area contributed by atoms with Gasteiger partial charge < -0.3 is 85.0 Å². The van der Waals surface area contributed by atoms with Crippen LogP contribution in [0.3, 0.4) is 0 Å². The van der Waals surface area contributed by atoms with Gasteiger partial charge in [0.1, 0.15) is 34.5 Å². The number of rotatable bonds is 12. The summed E-state index contributed by atoms with van der Waals surface area (Å²) in [6, 6.07) is 34.0. The zero-order valence-electron chi connectivity index (χ0n) is 64.7. The Morgan fingerprint density at radius 1 is 0.310 bits per heavy atom. The van der Waals surface area contributed by atoms with Crippen LogP contribution < -0.4 is 23.7 Å². The summed E-state index contributed by atoms with van der Waals surface area (Å²) in [6.45, 7) is 6.55. The van der Waals surface area contributed by atoms with Crippen LogP contribution in [0.15, 0.2) is 103 Å². The van der Waals surface area contributed by atoms with Crippen LogP contribution in [0.1, 0.15) is 147 Å². The lowest BCUT2D eigenvalue weighted by atomic mass is 9.82. The quantitative estimate of drug-likeness (QED) is 0.0506. The molecule has 6 atom stereocenters. The molecule has 0 bridgehead atoms. The summed E-state index contributed by atoms with van der Waals surface area (Å²) in [6.07, 6.45) is 9.93. The normalized spacial score (nSPS) is 20.4. The number of phenols is 3. The van der Waals surface area contributed by atoms with Crippen molar-refractivity contribution in [1.82, 2.24) is 19.6 Å². The van der Waals surface area contributed by atoms with Gasteiger partial charge in [-0.05, 0) is 306 Å². The lowest BCUT2D eigenvalue weighted by molar-refractivity contribution is 0.0551. The summed E-state index contributed by atoms with van der Waals surface area (Å²) in [5.41, 5.74) is 14.0. The van der Waals surface area contributed by atoms with Crippen molar-refractivity contribution in [3.05, 3.63) is 187 Å². The molecule has 6 unspecified atom stereocenters. The van der Waals surface area contributed by atoms with Crippen LogP contribution >= 0.6 is 0 Å². The van der Waals surface area contributed by atoms with Gasteiger partial charge in [0.05, 0.1) is 94.0 Å². The summed E-state index contributed by atoms with van der Waals surface area (Å²) in [5.74, 6) is 3.39. The van der Waals surface area contributed by atoms with E-state index >= 15 is 0 Å². The Kier molecular flexibility index (Phi) is 21.0. The minimum atomic E-state index is -0.632. The molecule has 12 N–H and O–H groups in total.